The number of amides is 1. The topological polar surface area (TPSA) is 134 Å². The van der Waals surface area contributed by atoms with Gasteiger partial charge < -0.3 is 29.7 Å². The zero-order chi connectivity index (χ0) is 38.5. The number of phenolic OH excluding ortho intramolecular Hbond substituents is 1. The lowest BCUT2D eigenvalue weighted by Gasteiger charge is -2.36. The summed E-state index contributed by atoms with van der Waals surface area (Å²) in [6, 6.07) is 8.62. The third-order valence-electron chi connectivity index (χ3n) is 11.8. The summed E-state index contributed by atoms with van der Waals surface area (Å²) in [5, 5.41) is 20.2. The molecule has 3 atom stereocenters. The van der Waals surface area contributed by atoms with Crippen LogP contribution in [0.2, 0.25) is 0 Å². The molecule has 13 nitrogen and oxygen atoms in total. The Hall–Kier alpha value is -4.99. The molecule has 56 heavy (non-hydrogen) atoms. The minimum Gasteiger partial charge on any atom is -0.508 e. The predicted molar refractivity (Wildman–Crippen MR) is 207 cm³/mol. The van der Waals surface area contributed by atoms with Gasteiger partial charge in [0.05, 0.1) is 37.4 Å². The van der Waals surface area contributed by atoms with Crippen LogP contribution in [0.25, 0.3) is 32.9 Å². The summed E-state index contributed by atoms with van der Waals surface area (Å²) in [7, 11) is 0. The molecule has 5 aromatic rings. The number of piperazine rings is 1. The Balaban J connectivity index is 1.10. The molecule has 4 aliphatic rings. The second kappa shape index (κ2) is 15.2. The number of rotatable bonds is 9. The lowest BCUT2D eigenvalue weighted by atomic mass is 9.94. The minimum absolute atomic E-state index is 0.00662. The van der Waals surface area contributed by atoms with Crippen molar-refractivity contribution in [2.45, 2.75) is 64.7 Å². The van der Waals surface area contributed by atoms with E-state index in [0.717, 1.165) is 51.4 Å². The Labute approximate surface area is 323 Å². The van der Waals surface area contributed by atoms with Gasteiger partial charge in [-0.25, -0.2) is 8.78 Å². The van der Waals surface area contributed by atoms with Gasteiger partial charge >= 0.3 is 6.01 Å². The van der Waals surface area contributed by atoms with Crippen molar-refractivity contribution in [3.05, 3.63) is 65.1 Å². The molecule has 1 amide bonds. The fraction of sp³-hybridized carbons (Fsp3) is 0.488. The molecule has 7 heterocycles. The molecule has 2 aromatic carbocycles. The maximum Gasteiger partial charge on any atom is 0.319 e. The maximum absolute atomic E-state index is 17.2. The molecule has 0 saturated carbocycles. The maximum atomic E-state index is 17.2. The highest BCUT2D eigenvalue weighted by atomic mass is 19.1. The lowest BCUT2D eigenvalue weighted by molar-refractivity contribution is -0.0229. The molecule has 0 aliphatic carbocycles. The number of benzene rings is 2. The second-order valence-corrected chi connectivity index (χ2v) is 15.6. The minimum atomic E-state index is -0.726. The average molecular weight is 768 g/mol. The van der Waals surface area contributed by atoms with Gasteiger partial charge in [0.1, 0.15) is 28.6 Å². The van der Waals surface area contributed by atoms with Crippen molar-refractivity contribution in [2.75, 3.05) is 64.0 Å². The molecule has 2 N–H and O–H groups in total. The summed E-state index contributed by atoms with van der Waals surface area (Å²) in [6.07, 6.45) is 4.87. The largest absolute Gasteiger partial charge is 0.508 e. The van der Waals surface area contributed by atoms with Gasteiger partial charge in [-0.2, -0.15) is 15.1 Å². The van der Waals surface area contributed by atoms with Crippen LogP contribution >= 0.6 is 0 Å². The number of hydrogen-bond donors (Lipinski definition) is 2. The van der Waals surface area contributed by atoms with E-state index < -0.39 is 11.6 Å². The van der Waals surface area contributed by atoms with E-state index in [1.165, 1.54) is 12.1 Å². The van der Waals surface area contributed by atoms with E-state index in [1.807, 2.05) is 27.5 Å². The molecule has 0 radical (unpaired) electrons. The molecule has 294 valence electrons. The highest BCUT2D eigenvalue weighted by Crippen LogP contribution is 2.39. The highest BCUT2D eigenvalue weighted by molar-refractivity contribution is 6.02. The molecule has 3 fully saturated rings. The number of aromatic hydroxyl groups is 1. The normalized spacial score (nSPS) is 20.7. The van der Waals surface area contributed by atoms with Gasteiger partial charge in [0, 0.05) is 75.6 Å². The molecule has 3 aromatic heterocycles. The zero-order valence-corrected chi connectivity index (χ0v) is 31.8. The van der Waals surface area contributed by atoms with Gasteiger partial charge in [0.25, 0.3) is 5.91 Å². The number of ether oxygens (including phenoxy) is 2. The van der Waals surface area contributed by atoms with E-state index in [1.54, 1.807) is 18.3 Å². The van der Waals surface area contributed by atoms with Gasteiger partial charge in [0.15, 0.2) is 11.5 Å². The fourth-order valence-corrected chi connectivity index (χ4v) is 8.97. The first kappa shape index (κ1) is 36.6. The number of pyridine rings is 1. The van der Waals surface area contributed by atoms with E-state index in [4.69, 9.17) is 19.6 Å². The Morgan fingerprint density at radius 3 is 2.66 bits per heavy atom. The first-order chi connectivity index (χ1) is 27.2. The molecular formula is C41H47F2N9O4. The standard InChI is InChI=1S/C41H47F2N9O4/c1-3-30-33(42)8-5-25-15-29(53)17-31(35(25)30)37-36(43)38-32(18-45-37)39(47-41(46-38)56-21-24(2)19-51-26-6-7-27(51)23-55-22-26)50-11-4-12-52-28(20-50)16-34(48-52)40(54)49-13-9-44-10-14-49/h5,8,15-18,24,26-27,44,53H,3-4,6-7,9-14,19-23H2,1-2H3/t24-,26?,27?/m1/s1. The van der Waals surface area contributed by atoms with Crippen LogP contribution in [0, 0.1) is 17.6 Å². The van der Waals surface area contributed by atoms with Gasteiger partial charge in [-0.05, 0) is 66.3 Å². The number of hydrogen-bond acceptors (Lipinski definition) is 11. The molecule has 2 bridgehead atoms. The van der Waals surface area contributed by atoms with Crippen LogP contribution in [0.4, 0.5) is 14.6 Å². The zero-order valence-electron chi connectivity index (χ0n) is 31.8. The number of halogens is 2. The van der Waals surface area contributed by atoms with Crippen molar-refractivity contribution in [1.82, 2.24) is 39.8 Å². The van der Waals surface area contributed by atoms with Gasteiger partial charge in [-0.15, -0.1) is 0 Å². The number of anilines is 1. The van der Waals surface area contributed by atoms with E-state index in [0.29, 0.717) is 97.5 Å². The molecule has 9 rings (SSSR count). The molecule has 15 heteroatoms. The van der Waals surface area contributed by atoms with Crippen molar-refractivity contribution in [1.29, 1.82) is 0 Å². The molecular weight excluding hydrogens is 721 g/mol. The number of aromatic nitrogens is 5. The number of aryl methyl sites for hydroxylation is 2. The SMILES string of the molecule is CCc1c(F)ccc2cc(O)cc(-c3ncc4c(N5CCCn6nc(C(=O)N7CCNCC7)cc6C5)nc(OC[C@H](C)CN5C6CCC5COC6)nc4c3F)c12. The Bertz CT molecular complexity index is 2280. The van der Waals surface area contributed by atoms with Gasteiger partial charge in [0.2, 0.25) is 0 Å². The Morgan fingerprint density at radius 2 is 1.88 bits per heavy atom. The van der Waals surface area contributed by atoms with E-state index in [9.17, 15) is 9.90 Å². The molecule has 3 saturated heterocycles. The number of nitrogens with one attached hydrogen (secondary N) is 1. The van der Waals surface area contributed by atoms with Crippen LogP contribution < -0.4 is 15.0 Å². The van der Waals surface area contributed by atoms with Gasteiger partial charge in [-0.1, -0.05) is 19.9 Å². The lowest BCUT2D eigenvalue weighted by Crippen LogP contribution is -2.48. The van der Waals surface area contributed by atoms with Gasteiger partial charge in [-0.3, -0.25) is 19.4 Å². The van der Waals surface area contributed by atoms with Crippen LogP contribution in [0.1, 0.15) is 54.9 Å². The van der Waals surface area contributed by atoms with E-state index in [2.05, 4.69) is 27.1 Å². The van der Waals surface area contributed by atoms with Crippen LogP contribution in [-0.2, 0) is 24.2 Å². The smallest absolute Gasteiger partial charge is 0.319 e. The number of carbonyl (C=O) groups excluding carboxylic acids is 1. The quantitative estimate of drug-likeness (QED) is 0.212. The fourth-order valence-electron chi connectivity index (χ4n) is 8.97. The average Bonchev–Trinajstić information content (AvgIpc) is 3.60. The first-order valence-corrected chi connectivity index (χ1v) is 19.8. The number of nitrogens with zero attached hydrogens (tertiary/aromatic N) is 8. The number of phenols is 1. The molecule has 2 unspecified atom stereocenters. The highest BCUT2D eigenvalue weighted by Gasteiger charge is 2.38. The second-order valence-electron chi connectivity index (χ2n) is 15.6. The Kier molecular flexibility index (Phi) is 9.92. The van der Waals surface area contributed by atoms with Crippen molar-refractivity contribution >= 4 is 33.4 Å². The van der Waals surface area contributed by atoms with Crippen LogP contribution in [0.5, 0.6) is 11.8 Å². The molecule has 0 spiro atoms. The Morgan fingerprint density at radius 1 is 1.07 bits per heavy atom. The summed E-state index contributed by atoms with van der Waals surface area (Å²) >= 11 is 0. The third kappa shape index (κ3) is 6.79. The van der Waals surface area contributed by atoms with Crippen LogP contribution in [0.15, 0.2) is 36.5 Å². The summed E-state index contributed by atoms with van der Waals surface area (Å²) < 4.78 is 46.3. The first-order valence-electron chi connectivity index (χ1n) is 19.8. The summed E-state index contributed by atoms with van der Waals surface area (Å²) in [4.78, 5) is 34.0. The van der Waals surface area contributed by atoms with Crippen LogP contribution in [0.3, 0.4) is 0 Å². The molecule has 4 aliphatic heterocycles. The van der Waals surface area contributed by atoms with E-state index in [-0.39, 0.29) is 40.4 Å². The van der Waals surface area contributed by atoms with Crippen molar-refractivity contribution in [3.63, 3.8) is 0 Å². The van der Waals surface area contributed by atoms with E-state index >= 15 is 8.78 Å². The monoisotopic (exact) mass is 767 g/mol. The summed E-state index contributed by atoms with van der Waals surface area (Å²) in [6.45, 7) is 10.9. The third-order valence-corrected chi connectivity index (χ3v) is 11.8. The predicted octanol–water partition coefficient (Wildman–Crippen LogP) is 4.92. The number of morpholine rings is 1. The number of fused-ring (bicyclic) bond motifs is 5. The van der Waals surface area contributed by atoms with Crippen LogP contribution in [-0.4, -0.2) is 117 Å². The summed E-state index contributed by atoms with van der Waals surface area (Å²) in [5.41, 5.74) is 1.87. The van der Waals surface area contributed by atoms with Crippen molar-refractivity contribution < 1.29 is 28.2 Å². The van der Waals surface area contributed by atoms with Crippen molar-refractivity contribution in [2.24, 2.45) is 5.92 Å². The summed E-state index contributed by atoms with van der Waals surface area (Å²) in [5.74, 6) is -0.731. The van der Waals surface area contributed by atoms with Crippen molar-refractivity contribution in [3.8, 4) is 23.0 Å². The number of carbonyl (C=O) groups is 1.